The van der Waals surface area contributed by atoms with E-state index in [9.17, 15) is 0 Å². The van der Waals surface area contributed by atoms with Gasteiger partial charge in [0.05, 0.1) is 32.1 Å². The van der Waals surface area contributed by atoms with Gasteiger partial charge in [0.25, 0.3) is 0 Å². The van der Waals surface area contributed by atoms with E-state index in [4.69, 9.17) is 24.0 Å². The van der Waals surface area contributed by atoms with Crippen molar-refractivity contribution in [3.8, 4) is 17.2 Å². The molecule has 0 radical (unpaired) electrons. The van der Waals surface area contributed by atoms with Crippen LogP contribution in [0.5, 0.6) is 11.5 Å². The van der Waals surface area contributed by atoms with E-state index in [0.29, 0.717) is 0 Å². The molecule has 7 heteroatoms. The van der Waals surface area contributed by atoms with E-state index in [1.165, 1.54) is 42.5 Å². The van der Waals surface area contributed by atoms with Gasteiger partial charge in [0, 0.05) is 68.2 Å². The summed E-state index contributed by atoms with van der Waals surface area (Å²) in [5, 5.41) is 4.87. The summed E-state index contributed by atoms with van der Waals surface area (Å²) >= 11 is 0. The topological polar surface area (TPSA) is 58.0 Å². The Kier molecular flexibility index (Phi) is 10.7. The zero-order valence-corrected chi connectivity index (χ0v) is 26.3. The van der Waals surface area contributed by atoms with Crippen molar-refractivity contribution in [1.29, 1.82) is 0 Å². The van der Waals surface area contributed by atoms with Gasteiger partial charge in [-0.1, -0.05) is 45.7 Å². The molecule has 0 bridgehead atoms. The number of unbranched alkanes of at least 4 members (excludes halogenated alkanes) is 2. The van der Waals surface area contributed by atoms with Crippen LogP contribution in [0.4, 0.5) is 5.69 Å². The highest BCUT2D eigenvalue weighted by Gasteiger charge is 2.55. The highest BCUT2D eigenvalue weighted by molar-refractivity contribution is 5.60. The van der Waals surface area contributed by atoms with Crippen molar-refractivity contribution in [3.63, 3.8) is 0 Å². The third kappa shape index (κ3) is 6.12. The zero-order chi connectivity index (χ0) is 29.5. The molecule has 0 amide bonds. The standard InChI is InChI=1S/C34H49N3O4/c1-9-12-18-36(19-13-10-2)25-20-24(11-3)30(29(21-25)39-6)32-33(40-7)31(34(32)41-8)26-22-37(35-23(26)4)27-16-14-15-17-28(27)38-5/h14-17,20-22,31-34H,9-13,18-19H2,1-8H3. The summed E-state index contributed by atoms with van der Waals surface area (Å²) < 4.78 is 26.1. The monoisotopic (exact) mass is 563 g/mol. The first-order chi connectivity index (χ1) is 20.0. The Morgan fingerprint density at radius 3 is 2.02 bits per heavy atom. The van der Waals surface area contributed by atoms with E-state index in [0.717, 1.165) is 48.0 Å². The minimum atomic E-state index is -0.0738. The third-order valence-electron chi connectivity index (χ3n) is 8.66. The average Bonchev–Trinajstić information content (AvgIpc) is 3.37. The van der Waals surface area contributed by atoms with Gasteiger partial charge in [0.2, 0.25) is 0 Å². The molecule has 224 valence electrons. The number of ether oxygens (including phenoxy) is 4. The van der Waals surface area contributed by atoms with Crippen molar-refractivity contribution in [2.45, 2.75) is 83.8 Å². The summed E-state index contributed by atoms with van der Waals surface area (Å²) in [6.07, 6.45) is 7.59. The van der Waals surface area contributed by atoms with Crippen LogP contribution in [-0.4, -0.2) is 63.5 Å². The summed E-state index contributed by atoms with van der Waals surface area (Å²) in [6.45, 7) is 10.9. The molecule has 3 aromatic rings. The molecule has 0 spiro atoms. The highest BCUT2D eigenvalue weighted by atomic mass is 16.5. The third-order valence-corrected chi connectivity index (χ3v) is 8.66. The van der Waals surface area contributed by atoms with Crippen LogP contribution in [0.25, 0.3) is 5.69 Å². The summed E-state index contributed by atoms with van der Waals surface area (Å²) in [7, 11) is 7.08. The fourth-order valence-corrected chi connectivity index (χ4v) is 6.45. The second-order valence-electron chi connectivity index (χ2n) is 11.0. The lowest BCUT2D eigenvalue weighted by molar-refractivity contribution is -0.116. The van der Waals surface area contributed by atoms with Crippen LogP contribution in [0, 0.1) is 6.92 Å². The molecule has 1 aliphatic rings. The van der Waals surface area contributed by atoms with Crippen molar-refractivity contribution in [3.05, 3.63) is 65.0 Å². The van der Waals surface area contributed by atoms with Crippen LogP contribution < -0.4 is 14.4 Å². The van der Waals surface area contributed by atoms with Crippen LogP contribution in [0.2, 0.25) is 0 Å². The Morgan fingerprint density at radius 2 is 1.46 bits per heavy atom. The maximum Gasteiger partial charge on any atom is 0.144 e. The van der Waals surface area contributed by atoms with Gasteiger partial charge in [-0.15, -0.1) is 0 Å². The van der Waals surface area contributed by atoms with Crippen LogP contribution in [0.15, 0.2) is 42.6 Å². The summed E-state index contributed by atoms with van der Waals surface area (Å²) in [5.41, 5.74) is 6.75. The van der Waals surface area contributed by atoms with Gasteiger partial charge in [-0.05, 0) is 49.9 Å². The van der Waals surface area contributed by atoms with Gasteiger partial charge in [-0.3, -0.25) is 0 Å². The Labute approximate surface area is 246 Å². The molecule has 1 fully saturated rings. The SMILES string of the molecule is CCCCN(CCCC)c1cc(CC)c(C2C(OC)C(c3cn(-c4ccccc4OC)nc3C)C2OC)c(OC)c1. The van der Waals surface area contributed by atoms with E-state index in [1.807, 2.05) is 28.9 Å². The first-order valence-electron chi connectivity index (χ1n) is 15.2. The molecule has 41 heavy (non-hydrogen) atoms. The fraction of sp³-hybridized carbons (Fsp3) is 0.559. The Morgan fingerprint density at radius 1 is 0.829 bits per heavy atom. The summed E-state index contributed by atoms with van der Waals surface area (Å²) in [4.78, 5) is 2.53. The van der Waals surface area contributed by atoms with Gasteiger partial charge >= 0.3 is 0 Å². The summed E-state index contributed by atoms with van der Waals surface area (Å²) in [5.74, 6) is 1.79. The molecule has 2 atom stereocenters. The number of hydrogen-bond acceptors (Lipinski definition) is 6. The molecule has 0 aliphatic heterocycles. The van der Waals surface area contributed by atoms with Crippen LogP contribution in [0.3, 0.4) is 0 Å². The van der Waals surface area contributed by atoms with Crippen LogP contribution >= 0.6 is 0 Å². The Bertz CT molecular complexity index is 1230. The van der Waals surface area contributed by atoms with Crippen LogP contribution in [0.1, 0.15) is 80.7 Å². The molecular weight excluding hydrogens is 514 g/mol. The molecule has 1 saturated carbocycles. The molecule has 0 N–H and O–H groups in total. The minimum absolute atomic E-state index is 0.0400. The highest BCUT2D eigenvalue weighted by Crippen LogP contribution is 2.55. The van der Waals surface area contributed by atoms with Gasteiger partial charge in [0.15, 0.2) is 0 Å². The van der Waals surface area contributed by atoms with E-state index >= 15 is 0 Å². The number of nitrogens with zero attached hydrogens (tertiary/aromatic N) is 3. The van der Waals surface area contributed by atoms with Crippen molar-refractivity contribution < 1.29 is 18.9 Å². The number of rotatable bonds is 15. The number of para-hydroxylation sites is 2. The number of hydrogen-bond donors (Lipinski definition) is 0. The number of aryl methyl sites for hydroxylation is 2. The van der Waals surface area contributed by atoms with Crippen molar-refractivity contribution >= 4 is 5.69 Å². The lowest BCUT2D eigenvalue weighted by Crippen LogP contribution is -2.54. The van der Waals surface area contributed by atoms with E-state index in [1.54, 1.807) is 28.4 Å². The van der Waals surface area contributed by atoms with Gasteiger partial charge in [0.1, 0.15) is 17.2 Å². The van der Waals surface area contributed by atoms with Crippen LogP contribution in [-0.2, 0) is 15.9 Å². The summed E-state index contributed by atoms with van der Waals surface area (Å²) in [6, 6.07) is 12.5. The smallest absolute Gasteiger partial charge is 0.144 e. The maximum absolute atomic E-state index is 6.24. The number of methoxy groups -OCH3 is 4. The second-order valence-corrected chi connectivity index (χ2v) is 11.0. The number of benzene rings is 2. The molecule has 1 heterocycles. The quantitative estimate of drug-likeness (QED) is 0.197. The lowest BCUT2D eigenvalue weighted by Gasteiger charge is -2.51. The van der Waals surface area contributed by atoms with E-state index < -0.39 is 0 Å². The first kappa shape index (κ1) is 30.9. The molecule has 1 aromatic heterocycles. The Hall–Kier alpha value is -3.03. The average molecular weight is 564 g/mol. The number of anilines is 1. The largest absolute Gasteiger partial charge is 0.496 e. The van der Waals surface area contributed by atoms with Gasteiger partial charge < -0.3 is 23.8 Å². The van der Waals surface area contributed by atoms with E-state index in [2.05, 4.69) is 50.9 Å². The second kappa shape index (κ2) is 14.2. The van der Waals surface area contributed by atoms with Crippen molar-refractivity contribution in [2.75, 3.05) is 46.4 Å². The van der Waals surface area contributed by atoms with Gasteiger partial charge in [-0.2, -0.15) is 5.10 Å². The van der Waals surface area contributed by atoms with E-state index in [-0.39, 0.29) is 24.0 Å². The fourth-order valence-electron chi connectivity index (χ4n) is 6.45. The molecule has 0 saturated heterocycles. The first-order valence-corrected chi connectivity index (χ1v) is 15.2. The molecule has 2 aromatic carbocycles. The molecular formula is C34H49N3O4. The molecule has 4 rings (SSSR count). The number of aromatic nitrogens is 2. The Balaban J connectivity index is 1.72. The van der Waals surface area contributed by atoms with Gasteiger partial charge in [-0.25, -0.2) is 4.68 Å². The normalized spacial score (nSPS) is 20.1. The van der Waals surface area contributed by atoms with Crippen molar-refractivity contribution in [2.24, 2.45) is 0 Å². The predicted molar refractivity (Wildman–Crippen MR) is 166 cm³/mol. The minimum Gasteiger partial charge on any atom is -0.496 e. The predicted octanol–water partition coefficient (Wildman–Crippen LogP) is 7.08. The lowest BCUT2D eigenvalue weighted by atomic mass is 9.62. The maximum atomic E-state index is 6.24. The molecule has 1 aliphatic carbocycles. The zero-order valence-electron chi connectivity index (χ0n) is 26.3. The molecule has 2 unspecified atom stereocenters. The van der Waals surface area contributed by atoms with Crippen molar-refractivity contribution in [1.82, 2.24) is 9.78 Å². The molecule has 7 nitrogen and oxygen atoms in total.